The fourth-order valence-corrected chi connectivity index (χ4v) is 5.82. The van der Waals surface area contributed by atoms with Crippen molar-refractivity contribution in [2.45, 2.75) is 24.2 Å². The first-order chi connectivity index (χ1) is 16.3. The fourth-order valence-electron chi connectivity index (χ4n) is 4.28. The van der Waals surface area contributed by atoms with E-state index in [2.05, 4.69) is 10.2 Å². The van der Waals surface area contributed by atoms with Gasteiger partial charge in [-0.15, -0.1) is 0 Å². The van der Waals surface area contributed by atoms with Crippen molar-refractivity contribution in [3.8, 4) is 0 Å². The van der Waals surface area contributed by atoms with Crippen LogP contribution in [0.25, 0.3) is 11.1 Å². The van der Waals surface area contributed by atoms with Gasteiger partial charge >= 0.3 is 5.76 Å². The lowest BCUT2D eigenvalue weighted by atomic mass is 9.99. The van der Waals surface area contributed by atoms with Gasteiger partial charge in [0.15, 0.2) is 5.58 Å². The number of para-hydroxylation sites is 1. The average Bonchev–Trinajstić information content (AvgIpc) is 3.14. The van der Waals surface area contributed by atoms with Gasteiger partial charge in [-0.3, -0.25) is 9.36 Å². The molecule has 1 amide bonds. The molecule has 1 aliphatic heterocycles. The molecule has 0 aliphatic carbocycles. The van der Waals surface area contributed by atoms with Gasteiger partial charge in [0.25, 0.3) is 0 Å². The van der Waals surface area contributed by atoms with Crippen molar-refractivity contribution in [2.24, 2.45) is 13.0 Å². The molecule has 1 aromatic heterocycles. The molecule has 2 heterocycles. The topological polar surface area (TPSA) is 105 Å². The van der Waals surface area contributed by atoms with E-state index in [0.717, 1.165) is 18.7 Å². The fraction of sp³-hybridized carbons (Fsp3) is 0.417. The number of rotatable bonds is 8. The molecule has 1 saturated heterocycles. The lowest BCUT2D eigenvalue weighted by Gasteiger charge is -2.31. The van der Waals surface area contributed by atoms with Gasteiger partial charge in [0, 0.05) is 52.0 Å². The number of aryl methyl sites for hydroxylation is 1. The average molecular weight is 487 g/mol. The van der Waals surface area contributed by atoms with Gasteiger partial charge in [-0.05, 0) is 43.5 Å². The maximum atomic E-state index is 13.2. The van der Waals surface area contributed by atoms with Gasteiger partial charge in [0.2, 0.25) is 15.9 Å². The van der Waals surface area contributed by atoms with E-state index in [4.69, 9.17) is 4.42 Å². The smallest absolute Gasteiger partial charge is 0.408 e. The molecule has 182 valence electrons. The molecule has 0 bridgehead atoms. The first-order valence-corrected chi connectivity index (χ1v) is 12.8. The minimum atomic E-state index is -3.82. The number of oxazole rings is 1. The zero-order valence-corrected chi connectivity index (χ0v) is 20.3. The normalized spacial score (nSPS) is 17.1. The van der Waals surface area contributed by atoms with Crippen LogP contribution in [0.3, 0.4) is 0 Å². The Labute approximate surface area is 199 Å². The lowest BCUT2D eigenvalue weighted by molar-refractivity contribution is -0.126. The molecule has 1 N–H and O–H groups in total. The number of sulfonamides is 1. The molecule has 4 rings (SSSR count). The Morgan fingerprint density at radius 1 is 1.21 bits per heavy atom. The maximum Gasteiger partial charge on any atom is 0.419 e. The van der Waals surface area contributed by atoms with Crippen LogP contribution in [0.5, 0.6) is 0 Å². The SMILES string of the molecule is CN(CCCNC(=O)[C@@H]1CCCN(S(=O)(=O)c2ccc3c(c2)oc(=O)n3C)C1)c1ccccc1. The number of anilines is 1. The third-order valence-corrected chi connectivity index (χ3v) is 8.18. The number of piperidine rings is 1. The number of nitrogens with zero attached hydrogens (tertiary/aromatic N) is 3. The quantitative estimate of drug-likeness (QED) is 0.490. The van der Waals surface area contributed by atoms with E-state index in [-0.39, 0.29) is 22.9 Å². The van der Waals surface area contributed by atoms with Gasteiger partial charge < -0.3 is 14.6 Å². The monoisotopic (exact) mass is 486 g/mol. The molecule has 0 radical (unpaired) electrons. The molecule has 3 aromatic rings. The Balaban J connectivity index is 1.34. The van der Waals surface area contributed by atoms with E-state index in [1.54, 1.807) is 13.1 Å². The summed E-state index contributed by atoms with van der Waals surface area (Å²) in [7, 11) is -0.237. The van der Waals surface area contributed by atoms with Crippen LogP contribution >= 0.6 is 0 Å². The second-order valence-electron chi connectivity index (χ2n) is 8.66. The number of aromatic nitrogens is 1. The van der Waals surface area contributed by atoms with E-state index in [1.165, 1.54) is 21.0 Å². The summed E-state index contributed by atoms with van der Waals surface area (Å²) < 4.78 is 34.3. The van der Waals surface area contributed by atoms with Crippen LogP contribution in [-0.2, 0) is 21.9 Å². The van der Waals surface area contributed by atoms with Gasteiger partial charge in [-0.1, -0.05) is 18.2 Å². The molecule has 1 atom stereocenters. The van der Waals surface area contributed by atoms with Gasteiger partial charge in [-0.25, -0.2) is 13.2 Å². The second kappa shape index (κ2) is 10.0. The molecular weight excluding hydrogens is 456 g/mol. The third-order valence-electron chi connectivity index (χ3n) is 6.32. The van der Waals surface area contributed by atoms with Gasteiger partial charge in [-0.2, -0.15) is 4.31 Å². The standard InChI is InChI=1S/C24H30N4O5S/c1-26(19-9-4-3-5-10-19)14-7-13-25-23(29)18-8-6-15-28(17-18)34(31,32)20-11-12-21-22(16-20)33-24(30)27(21)2/h3-5,9-12,16,18H,6-8,13-15,17H2,1-2H3,(H,25,29)/t18-/m1/s1. The first-order valence-electron chi connectivity index (χ1n) is 11.4. The van der Waals surface area contributed by atoms with Crippen LogP contribution in [-0.4, -0.2) is 56.4 Å². The number of fused-ring (bicyclic) bond motifs is 1. The van der Waals surface area contributed by atoms with Gasteiger partial charge in [0.05, 0.1) is 16.3 Å². The summed E-state index contributed by atoms with van der Waals surface area (Å²) in [6, 6.07) is 14.4. The largest absolute Gasteiger partial charge is 0.419 e. The highest BCUT2D eigenvalue weighted by molar-refractivity contribution is 7.89. The molecule has 1 aliphatic rings. The summed E-state index contributed by atoms with van der Waals surface area (Å²) in [5.41, 5.74) is 1.87. The molecule has 0 spiro atoms. The molecule has 1 fully saturated rings. The predicted molar refractivity (Wildman–Crippen MR) is 130 cm³/mol. The van der Waals surface area contributed by atoms with Crippen molar-refractivity contribution in [2.75, 3.05) is 38.1 Å². The number of carbonyl (C=O) groups is 1. The van der Waals surface area contributed by atoms with Crippen molar-refractivity contribution in [1.29, 1.82) is 0 Å². The molecule has 0 saturated carbocycles. The molecule has 2 aromatic carbocycles. The van der Waals surface area contributed by atoms with Crippen LogP contribution in [0.15, 0.2) is 62.6 Å². The molecule has 34 heavy (non-hydrogen) atoms. The Morgan fingerprint density at radius 3 is 2.74 bits per heavy atom. The van der Waals surface area contributed by atoms with Gasteiger partial charge in [0.1, 0.15) is 0 Å². The second-order valence-corrected chi connectivity index (χ2v) is 10.6. The maximum absolute atomic E-state index is 13.2. The molecule has 9 nitrogen and oxygen atoms in total. The zero-order chi connectivity index (χ0) is 24.3. The lowest BCUT2D eigenvalue weighted by Crippen LogP contribution is -2.45. The van der Waals surface area contributed by atoms with E-state index < -0.39 is 21.7 Å². The van der Waals surface area contributed by atoms with Crippen LogP contribution in [0, 0.1) is 5.92 Å². The Bertz CT molecular complexity index is 1320. The van der Waals surface area contributed by atoms with Crippen molar-refractivity contribution < 1.29 is 17.6 Å². The van der Waals surface area contributed by atoms with Crippen LogP contribution in [0.1, 0.15) is 19.3 Å². The van der Waals surface area contributed by atoms with Crippen molar-refractivity contribution in [3.63, 3.8) is 0 Å². The number of hydrogen-bond donors (Lipinski definition) is 1. The number of hydrogen-bond acceptors (Lipinski definition) is 6. The minimum absolute atomic E-state index is 0.0550. The summed E-state index contributed by atoms with van der Waals surface area (Å²) in [5, 5.41) is 2.96. The summed E-state index contributed by atoms with van der Waals surface area (Å²) in [5.74, 6) is -1.06. The summed E-state index contributed by atoms with van der Waals surface area (Å²) in [6.45, 7) is 1.82. The van der Waals surface area contributed by atoms with E-state index in [0.29, 0.717) is 31.4 Å². The summed E-state index contributed by atoms with van der Waals surface area (Å²) >= 11 is 0. The summed E-state index contributed by atoms with van der Waals surface area (Å²) in [6.07, 6.45) is 2.04. The number of carbonyl (C=O) groups excluding carboxylic acids is 1. The van der Waals surface area contributed by atoms with E-state index in [1.807, 2.05) is 37.4 Å². The molecule has 0 unspecified atom stereocenters. The van der Waals surface area contributed by atoms with Crippen LogP contribution in [0.2, 0.25) is 0 Å². The summed E-state index contributed by atoms with van der Waals surface area (Å²) in [4.78, 5) is 26.7. The number of benzene rings is 2. The Kier molecular flexibility index (Phi) is 7.08. The van der Waals surface area contributed by atoms with Crippen molar-refractivity contribution >= 4 is 32.7 Å². The van der Waals surface area contributed by atoms with Crippen molar-refractivity contribution in [1.82, 2.24) is 14.2 Å². The highest BCUT2D eigenvalue weighted by atomic mass is 32.2. The molecule has 10 heteroatoms. The predicted octanol–water partition coefficient (Wildman–Crippen LogP) is 2.17. The zero-order valence-electron chi connectivity index (χ0n) is 19.4. The third kappa shape index (κ3) is 5.02. The van der Waals surface area contributed by atoms with E-state index in [9.17, 15) is 18.0 Å². The first kappa shape index (κ1) is 24.0. The Morgan fingerprint density at radius 2 is 1.97 bits per heavy atom. The number of nitrogens with one attached hydrogen (secondary N) is 1. The van der Waals surface area contributed by atoms with E-state index >= 15 is 0 Å². The number of amides is 1. The van der Waals surface area contributed by atoms with Crippen molar-refractivity contribution in [3.05, 3.63) is 59.1 Å². The van der Waals surface area contributed by atoms with Crippen LogP contribution < -0.4 is 16.0 Å². The van der Waals surface area contributed by atoms with Crippen LogP contribution in [0.4, 0.5) is 5.69 Å². The minimum Gasteiger partial charge on any atom is -0.408 e. The highest BCUT2D eigenvalue weighted by Gasteiger charge is 2.33. The highest BCUT2D eigenvalue weighted by Crippen LogP contribution is 2.26. The molecular formula is C24H30N4O5S. The Hall–Kier alpha value is -3.11.